The molecule has 7 heteroatoms. The molecule has 0 bridgehead atoms. The van der Waals surface area contributed by atoms with Gasteiger partial charge in [0.2, 0.25) is 0 Å². The van der Waals surface area contributed by atoms with Gasteiger partial charge in [0.25, 0.3) is 0 Å². The van der Waals surface area contributed by atoms with E-state index in [1.54, 1.807) is 0 Å². The molecule has 0 amide bonds. The van der Waals surface area contributed by atoms with E-state index in [1.807, 2.05) is 0 Å². The van der Waals surface area contributed by atoms with Crippen molar-refractivity contribution in [2.24, 2.45) is 5.73 Å². The molecule has 0 saturated heterocycles. The van der Waals surface area contributed by atoms with Crippen molar-refractivity contribution >= 4 is 11.6 Å². The Hall–Kier alpha value is -1.66. The lowest BCUT2D eigenvalue weighted by atomic mass is 9.97. The maximum absolute atomic E-state index is 13.7. The molecule has 0 radical (unpaired) electrons. The molecule has 21 heavy (non-hydrogen) atoms. The third-order valence-electron chi connectivity index (χ3n) is 2.97. The molecule has 0 saturated carbocycles. The normalized spacial score (nSPS) is 13.3. The third-order valence-corrected chi connectivity index (χ3v) is 3.30. The summed E-state index contributed by atoms with van der Waals surface area (Å²) in [5.74, 6) is -2.18. The standard InChI is InChI=1S/C14H9ClF5N/c15-9-2-1-3-10(16)12(9)13(21)7-4-5-8(11(17)6-7)14(18,19)20/h1-6,13H,21H2. The summed E-state index contributed by atoms with van der Waals surface area (Å²) in [5, 5.41) is 0.0165. The van der Waals surface area contributed by atoms with Crippen LogP contribution >= 0.6 is 11.6 Å². The van der Waals surface area contributed by atoms with Gasteiger partial charge < -0.3 is 5.73 Å². The Balaban J connectivity index is 2.46. The van der Waals surface area contributed by atoms with Crippen molar-refractivity contribution in [3.05, 3.63) is 69.7 Å². The van der Waals surface area contributed by atoms with Gasteiger partial charge in [-0.25, -0.2) is 8.78 Å². The van der Waals surface area contributed by atoms with Crippen molar-refractivity contribution in [3.8, 4) is 0 Å². The molecule has 1 nitrogen and oxygen atoms in total. The highest BCUT2D eigenvalue weighted by molar-refractivity contribution is 6.31. The second-order valence-corrected chi connectivity index (χ2v) is 4.76. The fourth-order valence-electron chi connectivity index (χ4n) is 1.93. The molecule has 0 aliphatic heterocycles. The smallest absolute Gasteiger partial charge is 0.320 e. The van der Waals surface area contributed by atoms with Gasteiger partial charge in [-0.2, -0.15) is 13.2 Å². The molecular weight excluding hydrogens is 313 g/mol. The second-order valence-electron chi connectivity index (χ2n) is 4.35. The first-order valence-corrected chi connectivity index (χ1v) is 6.15. The molecule has 0 fully saturated rings. The zero-order valence-electron chi connectivity index (χ0n) is 10.4. The van der Waals surface area contributed by atoms with Crippen LogP contribution in [0, 0.1) is 11.6 Å². The Bertz CT molecular complexity index is 649. The van der Waals surface area contributed by atoms with E-state index in [2.05, 4.69) is 0 Å². The summed E-state index contributed by atoms with van der Waals surface area (Å²) >= 11 is 5.82. The largest absolute Gasteiger partial charge is 0.419 e. The van der Waals surface area contributed by atoms with E-state index in [0.717, 1.165) is 12.1 Å². The Morgan fingerprint density at radius 2 is 1.67 bits per heavy atom. The summed E-state index contributed by atoms with van der Waals surface area (Å²) in [6, 6.07) is 4.90. The Morgan fingerprint density at radius 3 is 2.19 bits per heavy atom. The van der Waals surface area contributed by atoms with Gasteiger partial charge in [-0.3, -0.25) is 0 Å². The number of halogens is 6. The fraction of sp³-hybridized carbons (Fsp3) is 0.143. The molecule has 2 N–H and O–H groups in total. The van der Waals surface area contributed by atoms with Crippen LogP contribution in [0.1, 0.15) is 22.7 Å². The molecular formula is C14H9ClF5N. The number of benzene rings is 2. The Labute approximate surface area is 122 Å². The van der Waals surface area contributed by atoms with Gasteiger partial charge in [-0.1, -0.05) is 23.7 Å². The van der Waals surface area contributed by atoms with Crippen molar-refractivity contribution in [2.75, 3.05) is 0 Å². The molecule has 112 valence electrons. The van der Waals surface area contributed by atoms with Gasteiger partial charge in [0.05, 0.1) is 11.6 Å². The van der Waals surface area contributed by atoms with Crippen LogP contribution in [0.15, 0.2) is 36.4 Å². The minimum Gasteiger partial charge on any atom is -0.320 e. The number of hydrogen-bond donors (Lipinski definition) is 1. The van der Waals surface area contributed by atoms with Crippen LogP contribution in [0.3, 0.4) is 0 Å². The lowest BCUT2D eigenvalue weighted by Gasteiger charge is -2.16. The summed E-state index contributed by atoms with van der Waals surface area (Å²) in [6.45, 7) is 0. The maximum atomic E-state index is 13.7. The van der Waals surface area contributed by atoms with Crippen LogP contribution in [-0.4, -0.2) is 0 Å². The van der Waals surface area contributed by atoms with Gasteiger partial charge in [0, 0.05) is 10.6 Å². The van der Waals surface area contributed by atoms with Crippen molar-refractivity contribution in [3.63, 3.8) is 0 Å². The lowest BCUT2D eigenvalue weighted by molar-refractivity contribution is -0.140. The Kier molecular flexibility index (Phi) is 4.20. The highest BCUT2D eigenvalue weighted by Gasteiger charge is 2.34. The van der Waals surface area contributed by atoms with Gasteiger partial charge in [0.15, 0.2) is 0 Å². The average Bonchev–Trinajstić information content (AvgIpc) is 2.36. The van der Waals surface area contributed by atoms with Gasteiger partial charge in [-0.05, 0) is 29.8 Å². The summed E-state index contributed by atoms with van der Waals surface area (Å²) in [6.07, 6.45) is -4.80. The number of hydrogen-bond acceptors (Lipinski definition) is 1. The molecule has 0 heterocycles. The molecule has 1 atom stereocenters. The molecule has 2 aromatic carbocycles. The molecule has 0 spiro atoms. The quantitative estimate of drug-likeness (QED) is 0.798. The van der Waals surface area contributed by atoms with E-state index in [0.29, 0.717) is 12.1 Å². The van der Waals surface area contributed by atoms with E-state index < -0.39 is 29.4 Å². The second kappa shape index (κ2) is 5.61. The van der Waals surface area contributed by atoms with Crippen LogP contribution in [0.2, 0.25) is 5.02 Å². The highest BCUT2D eigenvalue weighted by atomic mass is 35.5. The summed E-state index contributed by atoms with van der Waals surface area (Å²) in [7, 11) is 0. The lowest BCUT2D eigenvalue weighted by Crippen LogP contribution is -2.16. The van der Waals surface area contributed by atoms with Crippen LogP contribution in [0.25, 0.3) is 0 Å². The van der Waals surface area contributed by atoms with E-state index in [4.69, 9.17) is 17.3 Å². The third kappa shape index (κ3) is 3.16. The zero-order chi connectivity index (χ0) is 15.8. The first kappa shape index (κ1) is 15.7. The monoisotopic (exact) mass is 321 g/mol. The maximum Gasteiger partial charge on any atom is 0.419 e. The molecule has 0 aliphatic rings. The van der Waals surface area contributed by atoms with Crippen molar-refractivity contribution in [1.82, 2.24) is 0 Å². The van der Waals surface area contributed by atoms with Crippen LogP contribution in [-0.2, 0) is 6.18 Å². The van der Waals surface area contributed by atoms with E-state index >= 15 is 0 Å². The summed E-state index contributed by atoms with van der Waals surface area (Å²) in [5.41, 5.74) is 4.26. The predicted octanol–water partition coefficient (Wildman–Crippen LogP) is 4.69. The van der Waals surface area contributed by atoms with Crippen molar-refractivity contribution < 1.29 is 22.0 Å². The van der Waals surface area contributed by atoms with Crippen molar-refractivity contribution in [1.29, 1.82) is 0 Å². The number of alkyl halides is 3. The predicted molar refractivity (Wildman–Crippen MR) is 68.8 cm³/mol. The first-order valence-electron chi connectivity index (χ1n) is 5.78. The first-order chi connectivity index (χ1) is 9.71. The molecule has 1 unspecified atom stereocenters. The van der Waals surface area contributed by atoms with Crippen LogP contribution in [0.4, 0.5) is 22.0 Å². The molecule has 2 aromatic rings. The summed E-state index contributed by atoms with van der Waals surface area (Å²) < 4.78 is 64.7. The van der Waals surface area contributed by atoms with Gasteiger partial charge >= 0.3 is 6.18 Å². The van der Waals surface area contributed by atoms with E-state index in [1.165, 1.54) is 12.1 Å². The van der Waals surface area contributed by atoms with Crippen LogP contribution < -0.4 is 5.73 Å². The van der Waals surface area contributed by atoms with Gasteiger partial charge in [0.1, 0.15) is 11.6 Å². The molecule has 2 rings (SSSR count). The van der Waals surface area contributed by atoms with E-state index in [9.17, 15) is 22.0 Å². The van der Waals surface area contributed by atoms with Crippen LogP contribution in [0.5, 0.6) is 0 Å². The SMILES string of the molecule is NC(c1ccc(C(F)(F)F)c(F)c1)c1c(F)cccc1Cl. The summed E-state index contributed by atoms with van der Waals surface area (Å²) in [4.78, 5) is 0. The average molecular weight is 322 g/mol. The highest BCUT2D eigenvalue weighted by Crippen LogP contribution is 2.34. The Morgan fingerprint density at radius 1 is 1.00 bits per heavy atom. The number of nitrogens with two attached hydrogens (primary N) is 1. The van der Waals surface area contributed by atoms with Gasteiger partial charge in [-0.15, -0.1) is 0 Å². The molecule has 0 aliphatic carbocycles. The topological polar surface area (TPSA) is 26.0 Å². The van der Waals surface area contributed by atoms with E-state index in [-0.39, 0.29) is 16.1 Å². The fourth-order valence-corrected chi connectivity index (χ4v) is 2.21. The minimum atomic E-state index is -4.80. The number of rotatable bonds is 2. The zero-order valence-corrected chi connectivity index (χ0v) is 11.1. The molecule has 0 aromatic heterocycles. The minimum absolute atomic E-state index is 0.00694. The van der Waals surface area contributed by atoms with Crippen molar-refractivity contribution in [2.45, 2.75) is 12.2 Å².